The number of halogens is 1. The first-order valence-corrected chi connectivity index (χ1v) is 12.3. The van der Waals surface area contributed by atoms with E-state index in [9.17, 15) is 13.2 Å². The van der Waals surface area contributed by atoms with E-state index in [2.05, 4.69) is 22.3 Å². The number of carbonyl (C=O) groups excluding carboxylic acids is 1. The number of hydrogen-bond donors (Lipinski definition) is 1. The van der Waals surface area contributed by atoms with E-state index in [4.69, 9.17) is 16.3 Å². The molecule has 0 atom stereocenters. The van der Waals surface area contributed by atoms with Crippen molar-refractivity contribution in [1.29, 1.82) is 0 Å². The molecule has 31 heavy (non-hydrogen) atoms. The third kappa shape index (κ3) is 6.93. The fourth-order valence-electron chi connectivity index (χ4n) is 3.52. The number of sulfonamides is 1. The Bertz CT molecular complexity index is 1020. The minimum absolute atomic E-state index is 0.297. The molecule has 0 radical (unpaired) electrons. The highest BCUT2D eigenvalue weighted by atomic mass is 35.5. The molecular weight excluding hydrogens is 438 g/mol. The van der Waals surface area contributed by atoms with Crippen molar-refractivity contribution in [1.82, 2.24) is 10.2 Å². The van der Waals surface area contributed by atoms with Gasteiger partial charge in [-0.05, 0) is 41.8 Å². The minimum Gasteiger partial charge on any atom is -0.379 e. The van der Waals surface area contributed by atoms with Gasteiger partial charge < -0.3 is 10.1 Å². The Hall–Kier alpha value is -2.13. The maximum Gasteiger partial charge on any atom is 0.241 e. The van der Waals surface area contributed by atoms with E-state index >= 15 is 0 Å². The van der Waals surface area contributed by atoms with Crippen molar-refractivity contribution in [2.24, 2.45) is 0 Å². The standard InChI is InChI=1S/C22H28ClN3O4S/c1-17-12-20(23)6-7-21(17)26(31(2,28)29)16-22(27)24-14-18-4-3-5-19(13-18)15-25-8-10-30-11-9-25/h3-7,12-13H,8-11,14-16H2,1-2H3,(H,24,27). The number of ether oxygens (including phenoxy) is 1. The molecule has 1 fully saturated rings. The van der Waals surface area contributed by atoms with Gasteiger partial charge in [0.25, 0.3) is 0 Å². The van der Waals surface area contributed by atoms with Gasteiger partial charge in [0, 0.05) is 31.2 Å². The molecule has 168 valence electrons. The normalized spacial score (nSPS) is 14.9. The number of morpholine rings is 1. The van der Waals surface area contributed by atoms with Crippen molar-refractivity contribution in [3.63, 3.8) is 0 Å². The lowest BCUT2D eigenvalue weighted by molar-refractivity contribution is -0.119. The van der Waals surface area contributed by atoms with Crippen LogP contribution < -0.4 is 9.62 Å². The Kier molecular flexibility index (Phi) is 7.94. The average molecular weight is 466 g/mol. The van der Waals surface area contributed by atoms with Crippen molar-refractivity contribution in [3.8, 4) is 0 Å². The summed E-state index contributed by atoms with van der Waals surface area (Å²) in [5.74, 6) is -0.377. The van der Waals surface area contributed by atoms with Crippen molar-refractivity contribution in [2.75, 3.05) is 43.4 Å². The van der Waals surface area contributed by atoms with Crippen LogP contribution in [-0.4, -0.2) is 58.3 Å². The highest BCUT2D eigenvalue weighted by Gasteiger charge is 2.22. The van der Waals surface area contributed by atoms with Crippen molar-refractivity contribution < 1.29 is 17.9 Å². The van der Waals surface area contributed by atoms with E-state index < -0.39 is 10.0 Å². The molecule has 0 unspecified atom stereocenters. The van der Waals surface area contributed by atoms with Gasteiger partial charge in [-0.3, -0.25) is 14.0 Å². The molecule has 2 aromatic carbocycles. The molecule has 9 heteroatoms. The molecule has 0 bridgehead atoms. The van der Waals surface area contributed by atoms with Gasteiger partial charge in [-0.25, -0.2) is 8.42 Å². The summed E-state index contributed by atoms with van der Waals surface area (Å²) in [5, 5.41) is 3.34. The molecule has 0 aromatic heterocycles. The lowest BCUT2D eigenvalue weighted by Crippen LogP contribution is -2.40. The second-order valence-corrected chi connectivity index (χ2v) is 10.0. The van der Waals surface area contributed by atoms with Crippen molar-refractivity contribution in [2.45, 2.75) is 20.0 Å². The number of rotatable bonds is 8. The molecule has 3 rings (SSSR count). The zero-order valence-corrected chi connectivity index (χ0v) is 19.4. The molecule has 1 aliphatic rings. The van der Waals surface area contributed by atoms with Crippen LogP contribution in [0.3, 0.4) is 0 Å². The monoisotopic (exact) mass is 465 g/mol. The predicted molar refractivity (Wildman–Crippen MR) is 123 cm³/mol. The number of carbonyl (C=O) groups is 1. The van der Waals surface area contributed by atoms with E-state index in [0.29, 0.717) is 22.8 Å². The van der Waals surface area contributed by atoms with Crippen LogP contribution >= 0.6 is 11.6 Å². The van der Waals surface area contributed by atoms with Gasteiger partial charge >= 0.3 is 0 Å². The van der Waals surface area contributed by atoms with Gasteiger partial charge in [0.15, 0.2) is 0 Å². The highest BCUT2D eigenvalue weighted by molar-refractivity contribution is 7.92. The first kappa shape index (κ1) is 23.5. The Morgan fingerprint density at radius 2 is 1.87 bits per heavy atom. The van der Waals surface area contributed by atoms with Gasteiger partial charge in [0.2, 0.25) is 15.9 Å². The van der Waals surface area contributed by atoms with Crippen LogP contribution in [0.15, 0.2) is 42.5 Å². The number of amides is 1. The summed E-state index contributed by atoms with van der Waals surface area (Å²) in [6, 6.07) is 12.9. The Morgan fingerprint density at radius 1 is 1.16 bits per heavy atom. The number of nitrogens with one attached hydrogen (secondary N) is 1. The van der Waals surface area contributed by atoms with E-state index in [1.165, 1.54) is 5.56 Å². The van der Waals surface area contributed by atoms with E-state index in [1.807, 2.05) is 12.1 Å². The molecule has 7 nitrogen and oxygen atoms in total. The second-order valence-electron chi connectivity index (χ2n) is 7.69. The summed E-state index contributed by atoms with van der Waals surface area (Å²) in [6.07, 6.45) is 1.09. The maximum atomic E-state index is 12.6. The summed E-state index contributed by atoms with van der Waals surface area (Å²) in [6.45, 7) is 5.94. The molecule has 1 N–H and O–H groups in total. The molecule has 1 saturated heterocycles. The SMILES string of the molecule is Cc1cc(Cl)ccc1N(CC(=O)NCc1cccc(CN2CCOCC2)c1)S(C)(=O)=O. The van der Waals surface area contributed by atoms with Crippen molar-refractivity contribution >= 4 is 33.2 Å². The zero-order valence-electron chi connectivity index (χ0n) is 17.8. The number of nitrogens with zero attached hydrogens (tertiary/aromatic N) is 2. The van der Waals surface area contributed by atoms with E-state index in [1.54, 1.807) is 25.1 Å². The van der Waals surface area contributed by atoms with Crippen LogP contribution in [0.5, 0.6) is 0 Å². The Balaban J connectivity index is 1.62. The Labute approximate surface area is 189 Å². The van der Waals surface area contributed by atoms with Crippen molar-refractivity contribution in [3.05, 3.63) is 64.2 Å². The van der Waals surface area contributed by atoms with E-state index in [0.717, 1.165) is 49.0 Å². The van der Waals surface area contributed by atoms with Crippen LogP contribution in [-0.2, 0) is 32.6 Å². The Morgan fingerprint density at radius 3 is 2.55 bits per heavy atom. The maximum absolute atomic E-state index is 12.6. The molecular formula is C22H28ClN3O4S. The number of benzene rings is 2. The highest BCUT2D eigenvalue weighted by Crippen LogP contribution is 2.25. The molecule has 2 aromatic rings. The van der Waals surface area contributed by atoms with Gasteiger partial charge in [-0.1, -0.05) is 35.9 Å². The van der Waals surface area contributed by atoms with E-state index in [-0.39, 0.29) is 12.5 Å². The quantitative estimate of drug-likeness (QED) is 0.648. The largest absolute Gasteiger partial charge is 0.379 e. The summed E-state index contributed by atoms with van der Waals surface area (Å²) in [7, 11) is -3.64. The van der Waals surface area contributed by atoms with Crippen LogP contribution in [0.4, 0.5) is 5.69 Å². The third-order valence-corrected chi connectivity index (χ3v) is 6.47. The van der Waals surface area contributed by atoms with Gasteiger partial charge in [-0.15, -0.1) is 0 Å². The zero-order chi connectivity index (χ0) is 22.4. The number of aryl methyl sites for hydroxylation is 1. The average Bonchev–Trinajstić information content (AvgIpc) is 2.71. The lowest BCUT2D eigenvalue weighted by Gasteiger charge is -2.26. The smallest absolute Gasteiger partial charge is 0.241 e. The van der Waals surface area contributed by atoms with Crippen LogP contribution in [0.2, 0.25) is 5.02 Å². The first-order chi connectivity index (χ1) is 14.7. The number of anilines is 1. The summed E-state index contributed by atoms with van der Waals surface area (Å²) < 4.78 is 31.1. The molecule has 1 aliphatic heterocycles. The fraction of sp³-hybridized carbons (Fsp3) is 0.409. The second kappa shape index (κ2) is 10.5. The minimum atomic E-state index is -3.64. The first-order valence-electron chi connectivity index (χ1n) is 10.1. The fourth-order valence-corrected chi connectivity index (χ4v) is 4.66. The molecule has 1 heterocycles. The summed E-state index contributed by atoms with van der Waals surface area (Å²) in [4.78, 5) is 14.9. The molecule has 1 amide bonds. The third-order valence-electron chi connectivity index (χ3n) is 5.11. The lowest BCUT2D eigenvalue weighted by atomic mass is 10.1. The number of hydrogen-bond acceptors (Lipinski definition) is 5. The predicted octanol–water partition coefficient (Wildman–Crippen LogP) is 2.56. The summed E-state index contributed by atoms with van der Waals surface area (Å²) >= 11 is 5.98. The van der Waals surface area contributed by atoms with Crippen LogP contribution in [0, 0.1) is 6.92 Å². The molecule has 0 spiro atoms. The van der Waals surface area contributed by atoms with Gasteiger partial charge in [0.05, 0.1) is 25.2 Å². The van der Waals surface area contributed by atoms with Crippen LogP contribution in [0.25, 0.3) is 0 Å². The van der Waals surface area contributed by atoms with Crippen LogP contribution in [0.1, 0.15) is 16.7 Å². The molecule has 0 aliphatic carbocycles. The summed E-state index contributed by atoms with van der Waals surface area (Å²) in [5.41, 5.74) is 3.26. The van der Waals surface area contributed by atoms with Gasteiger partial charge in [-0.2, -0.15) is 0 Å². The van der Waals surface area contributed by atoms with Gasteiger partial charge in [0.1, 0.15) is 6.54 Å². The molecule has 0 saturated carbocycles. The topological polar surface area (TPSA) is 79.0 Å².